The van der Waals surface area contributed by atoms with Gasteiger partial charge in [-0.15, -0.1) is 0 Å². The van der Waals surface area contributed by atoms with Crippen LogP contribution in [0.15, 0.2) is 182 Å². The molecule has 0 aliphatic heterocycles. The molecule has 0 bridgehead atoms. The lowest BCUT2D eigenvalue weighted by Crippen LogP contribution is -2.09. The van der Waals surface area contributed by atoms with Crippen LogP contribution in [0.4, 0.5) is 39.8 Å². The van der Waals surface area contributed by atoms with Crippen LogP contribution >= 0.6 is 0 Å². The standard InChI is InChI=1S/C48H32N4/c1-50-42-20-30-46(31-21-42)52(48-29-19-39-7-3-5-9-41(39)33-48)44-24-14-36(15-25-44)11-10-35-12-22-43(23-13-35)51(45-26-16-37(34-49)17-27-45)47-28-18-38-6-2-4-8-40(38)32-47/h2-33H/b11-10+. The summed E-state index contributed by atoms with van der Waals surface area (Å²) in [5, 5.41) is 14.1. The van der Waals surface area contributed by atoms with E-state index in [0.29, 0.717) is 11.3 Å². The van der Waals surface area contributed by atoms with Gasteiger partial charge in [-0.1, -0.05) is 109 Å². The maximum atomic E-state index is 9.38. The van der Waals surface area contributed by atoms with Crippen LogP contribution < -0.4 is 9.80 Å². The molecular weight excluding hydrogens is 633 g/mol. The first-order valence-corrected chi connectivity index (χ1v) is 17.1. The summed E-state index contributed by atoms with van der Waals surface area (Å²) in [5.74, 6) is 0. The number of rotatable bonds is 8. The van der Waals surface area contributed by atoms with Gasteiger partial charge in [0.2, 0.25) is 0 Å². The molecule has 0 saturated heterocycles. The highest BCUT2D eigenvalue weighted by molar-refractivity contribution is 5.91. The van der Waals surface area contributed by atoms with Crippen LogP contribution in [0.3, 0.4) is 0 Å². The first kappa shape index (κ1) is 31.8. The third-order valence-corrected chi connectivity index (χ3v) is 9.24. The van der Waals surface area contributed by atoms with Gasteiger partial charge in [-0.25, -0.2) is 4.85 Å². The minimum absolute atomic E-state index is 0.617. The van der Waals surface area contributed by atoms with E-state index in [9.17, 15) is 5.26 Å². The van der Waals surface area contributed by atoms with Crippen LogP contribution in [-0.4, -0.2) is 0 Å². The second-order valence-electron chi connectivity index (χ2n) is 12.5. The van der Waals surface area contributed by atoms with Crippen molar-refractivity contribution >= 4 is 73.5 Å². The monoisotopic (exact) mass is 664 g/mol. The molecule has 0 N–H and O–H groups in total. The van der Waals surface area contributed by atoms with Gasteiger partial charge in [-0.2, -0.15) is 5.26 Å². The number of benzene rings is 8. The van der Waals surface area contributed by atoms with Crippen molar-refractivity contribution in [2.75, 3.05) is 9.80 Å². The normalized spacial score (nSPS) is 11.0. The molecule has 0 heterocycles. The van der Waals surface area contributed by atoms with Crippen molar-refractivity contribution in [2.45, 2.75) is 0 Å². The van der Waals surface area contributed by atoms with E-state index in [1.54, 1.807) is 0 Å². The maximum absolute atomic E-state index is 9.38. The van der Waals surface area contributed by atoms with Crippen molar-refractivity contribution in [3.05, 3.63) is 210 Å². The Morgan fingerprint density at radius 1 is 0.423 bits per heavy atom. The smallest absolute Gasteiger partial charge is 0.187 e. The lowest BCUT2D eigenvalue weighted by atomic mass is 10.1. The number of anilines is 6. The third kappa shape index (κ3) is 6.61. The van der Waals surface area contributed by atoms with E-state index in [1.165, 1.54) is 21.5 Å². The summed E-state index contributed by atoms with van der Waals surface area (Å²) < 4.78 is 0. The minimum Gasteiger partial charge on any atom is -0.311 e. The van der Waals surface area contributed by atoms with Crippen molar-refractivity contribution in [3.8, 4) is 6.07 Å². The molecule has 4 nitrogen and oxygen atoms in total. The maximum Gasteiger partial charge on any atom is 0.187 e. The molecule has 0 spiro atoms. The second kappa shape index (κ2) is 14.2. The van der Waals surface area contributed by atoms with Crippen molar-refractivity contribution < 1.29 is 0 Å². The zero-order valence-corrected chi connectivity index (χ0v) is 28.3. The van der Waals surface area contributed by atoms with Gasteiger partial charge in [0.15, 0.2) is 5.69 Å². The Bertz CT molecular complexity index is 2440. The van der Waals surface area contributed by atoms with Crippen molar-refractivity contribution in [3.63, 3.8) is 0 Å². The molecule has 0 atom stereocenters. The zero-order chi connectivity index (χ0) is 35.3. The van der Waals surface area contributed by atoms with Gasteiger partial charge in [-0.3, -0.25) is 0 Å². The molecule has 4 heteroatoms. The van der Waals surface area contributed by atoms with Gasteiger partial charge in [0.05, 0.1) is 18.2 Å². The highest BCUT2D eigenvalue weighted by Gasteiger charge is 2.15. The molecule has 0 fully saturated rings. The molecule has 0 aliphatic rings. The van der Waals surface area contributed by atoms with Crippen LogP contribution in [0.5, 0.6) is 0 Å². The first-order valence-electron chi connectivity index (χ1n) is 17.1. The average molecular weight is 665 g/mol. The van der Waals surface area contributed by atoms with Crippen LogP contribution in [0.1, 0.15) is 16.7 Å². The first-order chi connectivity index (χ1) is 25.6. The summed E-state index contributed by atoms with van der Waals surface area (Å²) in [6.45, 7) is 7.40. The topological polar surface area (TPSA) is 34.6 Å². The molecule has 0 saturated carbocycles. The van der Waals surface area contributed by atoms with Gasteiger partial charge in [-0.05, 0) is 118 Å². The van der Waals surface area contributed by atoms with Crippen molar-refractivity contribution in [1.82, 2.24) is 0 Å². The van der Waals surface area contributed by atoms with E-state index in [-0.39, 0.29) is 0 Å². The molecule has 0 aliphatic carbocycles. The summed E-state index contributed by atoms with van der Waals surface area (Å²) in [5.41, 5.74) is 9.56. The number of hydrogen-bond acceptors (Lipinski definition) is 3. The SMILES string of the molecule is [C-]#[N+]c1ccc(N(c2ccc(/C=C/c3ccc(N(c4ccc(C#N)cc4)c4ccc5ccccc5c4)cc3)cc2)c2ccc3ccccc3c2)cc1. The number of nitriles is 1. The fourth-order valence-electron chi connectivity index (χ4n) is 6.55. The molecule has 52 heavy (non-hydrogen) atoms. The zero-order valence-electron chi connectivity index (χ0n) is 28.3. The van der Waals surface area contributed by atoms with Crippen molar-refractivity contribution in [1.29, 1.82) is 5.26 Å². The third-order valence-electron chi connectivity index (χ3n) is 9.24. The predicted molar refractivity (Wildman–Crippen MR) is 217 cm³/mol. The molecule has 0 unspecified atom stereocenters. The number of fused-ring (bicyclic) bond motifs is 2. The fraction of sp³-hybridized carbons (Fsp3) is 0. The number of nitrogens with zero attached hydrogens (tertiary/aromatic N) is 4. The Labute approximate surface area is 303 Å². The second-order valence-corrected chi connectivity index (χ2v) is 12.5. The summed E-state index contributed by atoms with van der Waals surface area (Å²) in [4.78, 5) is 8.03. The van der Waals surface area contributed by atoms with Crippen LogP contribution in [0.25, 0.3) is 38.5 Å². The van der Waals surface area contributed by atoms with Gasteiger partial charge in [0.25, 0.3) is 0 Å². The Balaban J connectivity index is 1.07. The number of hydrogen-bond donors (Lipinski definition) is 0. The van der Waals surface area contributed by atoms with E-state index in [0.717, 1.165) is 45.3 Å². The Morgan fingerprint density at radius 2 is 0.788 bits per heavy atom. The van der Waals surface area contributed by atoms with E-state index in [2.05, 4.69) is 166 Å². The van der Waals surface area contributed by atoms with Gasteiger partial charge < -0.3 is 9.80 Å². The molecule has 8 aromatic rings. The summed E-state index contributed by atoms with van der Waals surface area (Å²) >= 11 is 0. The van der Waals surface area contributed by atoms with Crippen LogP contribution in [0.2, 0.25) is 0 Å². The lowest BCUT2D eigenvalue weighted by Gasteiger charge is -2.26. The summed E-state index contributed by atoms with van der Waals surface area (Å²) in [6.07, 6.45) is 4.26. The largest absolute Gasteiger partial charge is 0.311 e. The summed E-state index contributed by atoms with van der Waals surface area (Å²) in [6, 6.07) is 64.5. The highest BCUT2D eigenvalue weighted by atomic mass is 15.1. The molecule has 8 aromatic carbocycles. The van der Waals surface area contributed by atoms with Crippen molar-refractivity contribution in [2.24, 2.45) is 0 Å². The van der Waals surface area contributed by atoms with E-state index in [1.807, 2.05) is 48.5 Å². The quantitative estimate of drug-likeness (QED) is 0.120. The van der Waals surface area contributed by atoms with E-state index >= 15 is 0 Å². The van der Waals surface area contributed by atoms with Gasteiger partial charge in [0, 0.05) is 34.1 Å². The molecular formula is C48H32N4. The van der Waals surface area contributed by atoms with E-state index in [4.69, 9.17) is 6.57 Å². The molecule has 8 rings (SSSR count). The Hall–Kier alpha value is -7.40. The molecule has 0 amide bonds. The minimum atomic E-state index is 0.617. The van der Waals surface area contributed by atoms with Gasteiger partial charge in [0.1, 0.15) is 0 Å². The Morgan fingerprint density at radius 3 is 1.19 bits per heavy atom. The lowest BCUT2D eigenvalue weighted by molar-refractivity contribution is 1.28. The fourth-order valence-corrected chi connectivity index (χ4v) is 6.55. The Kier molecular flexibility index (Phi) is 8.71. The van der Waals surface area contributed by atoms with E-state index < -0.39 is 0 Å². The molecule has 244 valence electrons. The summed E-state index contributed by atoms with van der Waals surface area (Å²) in [7, 11) is 0. The molecule has 0 radical (unpaired) electrons. The highest BCUT2D eigenvalue weighted by Crippen LogP contribution is 2.38. The van der Waals surface area contributed by atoms with Gasteiger partial charge >= 0.3 is 0 Å². The molecule has 0 aromatic heterocycles. The predicted octanol–water partition coefficient (Wildman–Crippen LogP) is 13.5. The average Bonchev–Trinajstić information content (AvgIpc) is 3.21. The van der Waals surface area contributed by atoms with Crippen LogP contribution in [-0.2, 0) is 0 Å². The van der Waals surface area contributed by atoms with Crippen LogP contribution in [0, 0.1) is 17.9 Å².